The summed E-state index contributed by atoms with van der Waals surface area (Å²) in [6.07, 6.45) is 0. The van der Waals surface area contributed by atoms with Crippen molar-refractivity contribution in [2.45, 2.75) is 6.92 Å². The van der Waals surface area contributed by atoms with Crippen LogP contribution in [0.2, 0.25) is 0 Å². The lowest BCUT2D eigenvalue weighted by molar-refractivity contribution is 0.101. The Hall–Kier alpha value is -3.15. The van der Waals surface area contributed by atoms with Gasteiger partial charge in [0, 0.05) is 23.9 Å². The minimum absolute atomic E-state index is 0.0754. The third-order valence-electron chi connectivity index (χ3n) is 3.58. The molecule has 6 nitrogen and oxygen atoms in total. The monoisotopic (exact) mass is 310 g/mol. The molecule has 23 heavy (non-hydrogen) atoms. The molecule has 0 radical (unpaired) electrons. The number of benzene rings is 2. The van der Waals surface area contributed by atoms with E-state index in [1.54, 1.807) is 43.4 Å². The first-order valence-corrected chi connectivity index (χ1v) is 6.97. The SMILES string of the molecule is CC(=O)c1cccc(NC(=O)c2ccc3c(c2)oc(=O)n3C)c1. The summed E-state index contributed by atoms with van der Waals surface area (Å²) in [5.41, 5.74) is 2.37. The maximum atomic E-state index is 12.3. The largest absolute Gasteiger partial charge is 0.419 e. The molecular formula is C17H14N2O4. The van der Waals surface area contributed by atoms with Crippen molar-refractivity contribution in [3.8, 4) is 0 Å². The van der Waals surface area contributed by atoms with Crippen LogP contribution in [0.5, 0.6) is 0 Å². The molecule has 0 atom stereocenters. The standard InChI is InChI=1S/C17H14N2O4/c1-10(20)11-4-3-5-13(8-11)18-16(21)12-6-7-14-15(9-12)23-17(22)19(14)2/h3-9H,1-2H3,(H,18,21). The number of aromatic nitrogens is 1. The fraction of sp³-hybridized carbons (Fsp3) is 0.118. The summed E-state index contributed by atoms with van der Waals surface area (Å²) < 4.78 is 6.44. The number of anilines is 1. The topological polar surface area (TPSA) is 81.3 Å². The third kappa shape index (κ3) is 2.78. The van der Waals surface area contributed by atoms with Crippen LogP contribution in [0.4, 0.5) is 5.69 Å². The van der Waals surface area contributed by atoms with Crippen LogP contribution in [-0.4, -0.2) is 16.3 Å². The number of nitrogens with zero attached hydrogens (tertiary/aromatic N) is 1. The number of fused-ring (bicyclic) bond motifs is 1. The summed E-state index contributed by atoms with van der Waals surface area (Å²) in [5, 5.41) is 2.72. The second kappa shape index (κ2) is 5.57. The van der Waals surface area contributed by atoms with E-state index in [0.29, 0.717) is 27.9 Å². The summed E-state index contributed by atoms with van der Waals surface area (Å²) in [6.45, 7) is 1.46. The molecule has 1 heterocycles. The minimum atomic E-state index is -0.480. The number of Topliss-reactive ketones (excluding diaryl/α,β-unsaturated/α-hetero) is 1. The van der Waals surface area contributed by atoms with Gasteiger partial charge in [0.25, 0.3) is 5.91 Å². The highest BCUT2D eigenvalue weighted by molar-refractivity contribution is 6.06. The number of nitrogens with one attached hydrogen (secondary N) is 1. The van der Waals surface area contributed by atoms with Crippen LogP contribution in [0.1, 0.15) is 27.6 Å². The lowest BCUT2D eigenvalue weighted by atomic mass is 10.1. The number of hydrogen-bond acceptors (Lipinski definition) is 4. The maximum absolute atomic E-state index is 12.3. The molecule has 0 unspecified atom stereocenters. The van der Waals surface area contributed by atoms with Crippen molar-refractivity contribution < 1.29 is 14.0 Å². The van der Waals surface area contributed by atoms with Crippen molar-refractivity contribution in [3.05, 3.63) is 64.1 Å². The predicted octanol–water partition coefficient (Wildman–Crippen LogP) is 2.59. The molecule has 3 aromatic rings. The zero-order valence-electron chi connectivity index (χ0n) is 12.6. The van der Waals surface area contributed by atoms with E-state index in [1.165, 1.54) is 17.6 Å². The maximum Gasteiger partial charge on any atom is 0.419 e. The number of oxazole rings is 1. The van der Waals surface area contributed by atoms with Gasteiger partial charge in [-0.1, -0.05) is 12.1 Å². The highest BCUT2D eigenvalue weighted by atomic mass is 16.4. The smallest absolute Gasteiger partial charge is 0.408 e. The number of ketones is 1. The van der Waals surface area contributed by atoms with Crippen molar-refractivity contribution in [1.82, 2.24) is 4.57 Å². The Kier molecular flexibility index (Phi) is 3.57. The molecule has 2 aromatic carbocycles. The summed E-state index contributed by atoms with van der Waals surface area (Å²) >= 11 is 0. The first-order chi connectivity index (χ1) is 11.0. The number of hydrogen-bond donors (Lipinski definition) is 1. The van der Waals surface area contributed by atoms with Crippen molar-refractivity contribution in [2.75, 3.05) is 5.32 Å². The van der Waals surface area contributed by atoms with Crippen LogP contribution in [0.3, 0.4) is 0 Å². The molecule has 0 aliphatic rings. The predicted molar refractivity (Wildman–Crippen MR) is 85.9 cm³/mol. The van der Waals surface area contributed by atoms with Gasteiger partial charge in [0.1, 0.15) is 0 Å². The third-order valence-corrected chi connectivity index (χ3v) is 3.58. The Morgan fingerprint density at radius 3 is 2.61 bits per heavy atom. The first-order valence-electron chi connectivity index (χ1n) is 6.97. The lowest BCUT2D eigenvalue weighted by Gasteiger charge is -2.06. The summed E-state index contributed by atoms with van der Waals surface area (Å²) in [4.78, 5) is 35.2. The molecular weight excluding hydrogens is 296 g/mol. The molecule has 6 heteroatoms. The van der Waals surface area contributed by atoms with Gasteiger partial charge >= 0.3 is 5.76 Å². The highest BCUT2D eigenvalue weighted by Gasteiger charge is 2.12. The molecule has 0 spiro atoms. The Morgan fingerprint density at radius 2 is 1.87 bits per heavy atom. The molecule has 1 aromatic heterocycles. The molecule has 0 aliphatic heterocycles. The van der Waals surface area contributed by atoms with E-state index in [-0.39, 0.29) is 11.7 Å². The van der Waals surface area contributed by atoms with Crippen LogP contribution < -0.4 is 11.1 Å². The van der Waals surface area contributed by atoms with Crippen LogP contribution in [0.15, 0.2) is 51.7 Å². The van der Waals surface area contributed by atoms with Gasteiger partial charge in [0.05, 0.1) is 5.52 Å². The second-order valence-corrected chi connectivity index (χ2v) is 5.20. The number of rotatable bonds is 3. The fourth-order valence-corrected chi connectivity index (χ4v) is 2.29. The zero-order valence-corrected chi connectivity index (χ0v) is 12.6. The number of amides is 1. The Balaban J connectivity index is 1.90. The van der Waals surface area contributed by atoms with Gasteiger partial charge in [-0.2, -0.15) is 0 Å². The quantitative estimate of drug-likeness (QED) is 0.754. The van der Waals surface area contributed by atoms with E-state index in [9.17, 15) is 14.4 Å². The summed E-state index contributed by atoms with van der Waals surface area (Å²) in [5.74, 6) is -0.903. The van der Waals surface area contributed by atoms with Gasteiger partial charge in [0.2, 0.25) is 0 Å². The van der Waals surface area contributed by atoms with Gasteiger partial charge in [-0.15, -0.1) is 0 Å². The molecule has 1 amide bonds. The molecule has 3 rings (SSSR count). The van der Waals surface area contributed by atoms with E-state index >= 15 is 0 Å². The van der Waals surface area contributed by atoms with E-state index in [1.807, 2.05) is 0 Å². The van der Waals surface area contributed by atoms with Crippen LogP contribution in [0.25, 0.3) is 11.1 Å². The average Bonchev–Trinajstić information content (AvgIpc) is 2.81. The van der Waals surface area contributed by atoms with Crippen LogP contribution >= 0.6 is 0 Å². The first kappa shape index (κ1) is 14.8. The van der Waals surface area contributed by atoms with E-state index in [2.05, 4.69) is 5.32 Å². The number of carbonyl (C=O) groups is 2. The molecule has 116 valence electrons. The Labute approximate surface area is 131 Å². The lowest BCUT2D eigenvalue weighted by Crippen LogP contribution is -2.12. The Morgan fingerprint density at radius 1 is 1.09 bits per heavy atom. The average molecular weight is 310 g/mol. The van der Waals surface area contributed by atoms with E-state index in [4.69, 9.17) is 4.42 Å². The molecule has 1 N–H and O–H groups in total. The van der Waals surface area contributed by atoms with Gasteiger partial charge < -0.3 is 9.73 Å². The number of aryl methyl sites for hydroxylation is 1. The molecule has 0 fully saturated rings. The van der Waals surface area contributed by atoms with Crippen LogP contribution in [0, 0.1) is 0 Å². The van der Waals surface area contributed by atoms with Gasteiger partial charge in [-0.05, 0) is 37.3 Å². The summed E-state index contributed by atoms with van der Waals surface area (Å²) in [6, 6.07) is 11.5. The Bertz CT molecular complexity index is 982. The number of carbonyl (C=O) groups excluding carboxylic acids is 2. The van der Waals surface area contributed by atoms with Crippen LogP contribution in [-0.2, 0) is 7.05 Å². The normalized spacial score (nSPS) is 10.7. The van der Waals surface area contributed by atoms with E-state index < -0.39 is 5.76 Å². The highest BCUT2D eigenvalue weighted by Crippen LogP contribution is 2.17. The molecule has 0 saturated heterocycles. The van der Waals surface area contributed by atoms with Gasteiger partial charge in [0.15, 0.2) is 11.4 Å². The zero-order chi connectivity index (χ0) is 16.6. The van der Waals surface area contributed by atoms with Crippen molar-refractivity contribution >= 4 is 28.5 Å². The molecule has 0 bridgehead atoms. The summed E-state index contributed by atoms with van der Waals surface area (Å²) in [7, 11) is 1.60. The van der Waals surface area contributed by atoms with E-state index in [0.717, 1.165) is 0 Å². The fourth-order valence-electron chi connectivity index (χ4n) is 2.29. The molecule has 0 saturated carbocycles. The van der Waals surface area contributed by atoms with Gasteiger partial charge in [-0.25, -0.2) is 4.79 Å². The molecule has 0 aliphatic carbocycles. The van der Waals surface area contributed by atoms with Crippen molar-refractivity contribution in [1.29, 1.82) is 0 Å². The van der Waals surface area contributed by atoms with Crippen molar-refractivity contribution in [2.24, 2.45) is 7.05 Å². The van der Waals surface area contributed by atoms with Gasteiger partial charge in [-0.3, -0.25) is 14.2 Å². The minimum Gasteiger partial charge on any atom is -0.408 e. The second-order valence-electron chi connectivity index (χ2n) is 5.20. The van der Waals surface area contributed by atoms with Crippen molar-refractivity contribution in [3.63, 3.8) is 0 Å².